The average Bonchev–Trinajstić information content (AvgIpc) is 2.54. The van der Waals surface area contributed by atoms with Crippen LogP contribution in [0.1, 0.15) is 17.3 Å². The van der Waals surface area contributed by atoms with Gasteiger partial charge in [0.1, 0.15) is 10.7 Å². The molecule has 0 spiro atoms. The van der Waals surface area contributed by atoms with Crippen LogP contribution in [-0.4, -0.2) is 17.6 Å². The molecule has 0 atom stereocenters. The maximum atomic E-state index is 11.6. The monoisotopic (exact) mass is 223 g/mol. The number of hydrogen-bond acceptors (Lipinski definition) is 2. The molecule has 15 heavy (non-hydrogen) atoms. The summed E-state index contributed by atoms with van der Waals surface area (Å²) in [6, 6.07) is 7.44. The standard InChI is InChI=1S/C11H10ClNO2/c1-2-15-11(14)9-7-5-3-4-6-8(7)13-10(9)12/h3-6,13H,2H2,1H3. The molecule has 4 heteroatoms. The van der Waals surface area contributed by atoms with Crippen molar-refractivity contribution >= 4 is 28.5 Å². The Kier molecular flexibility index (Phi) is 2.64. The maximum absolute atomic E-state index is 11.6. The first-order chi connectivity index (χ1) is 7.24. The van der Waals surface area contributed by atoms with Crippen LogP contribution < -0.4 is 0 Å². The minimum atomic E-state index is -0.389. The number of hydrogen-bond donors (Lipinski definition) is 1. The van der Waals surface area contributed by atoms with Crippen LogP contribution >= 0.6 is 11.6 Å². The van der Waals surface area contributed by atoms with Crippen LogP contribution in [0.2, 0.25) is 5.15 Å². The van der Waals surface area contributed by atoms with Gasteiger partial charge in [-0.3, -0.25) is 0 Å². The van der Waals surface area contributed by atoms with Gasteiger partial charge >= 0.3 is 5.97 Å². The lowest BCUT2D eigenvalue weighted by molar-refractivity contribution is 0.0529. The van der Waals surface area contributed by atoms with Crippen LogP contribution in [0.5, 0.6) is 0 Å². The maximum Gasteiger partial charge on any atom is 0.341 e. The van der Waals surface area contributed by atoms with Crippen LogP contribution in [0.25, 0.3) is 10.9 Å². The fourth-order valence-corrected chi connectivity index (χ4v) is 1.79. The van der Waals surface area contributed by atoms with Gasteiger partial charge in [0.2, 0.25) is 0 Å². The number of carbonyl (C=O) groups is 1. The fraction of sp³-hybridized carbons (Fsp3) is 0.182. The van der Waals surface area contributed by atoms with Gasteiger partial charge < -0.3 is 9.72 Å². The third-order valence-electron chi connectivity index (χ3n) is 2.14. The average molecular weight is 224 g/mol. The van der Waals surface area contributed by atoms with Crippen LogP contribution in [0.3, 0.4) is 0 Å². The Hall–Kier alpha value is -1.48. The smallest absolute Gasteiger partial charge is 0.341 e. The Balaban J connectivity index is 2.58. The lowest BCUT2D eigenvalue weighted by Crippen LogP contribution is -2.04. The van der Waals surface area contributed by atoms with E-state index >= 15 is 0 Å². The predicted octanol–water partition coefficient (Wildman–Crippen LogP) is 3.00. The number of esters is 1. The number of halogens is 1. The van der Waals surface area contributed by atoms with E-state index in [1.54, 1.807) is 6.92 Å². The van der Waals surface area contributed by atoms with Gasteiger partial charge in [0.15, 0.2) is 0 Å². The molecule has 0 aliphatic rings. The van der Waals surface area contributed by atoms with E-state index in [0.717, 1.165) is 10.9 Å². The van der Waals surface area contributed by atoms with E-state index in [1.807, 2.05) is 24.3 Å². The van der Waals surface area contributed by atoms with Crippen molar-refractivity contribution in [2.45, 2.75) is 6.92 Å². The number of H-pyrrole nitrogens is 1. The van der Waals surface area contributed by atoms with Gasteiger partial charge in [-0.15, -0.1) is 0 Å². The van der Waals surface area contributed by atoms with Gasteiger partial charge in [-0.05, 0) is 13.0 Å². The molecule has 1 heterocycles. The summed E-state index contributed by atoms with van der Waals surface area (Å²) in [6.07, 6.45) is 0. The molecule has 0 amide bonds. The third kappa shape index (κ3) is 1.70. The van der Waals surface area contributed by atoms with Gasteiger partial charge in [-0.2, -0.15) is 0 Å². The predicted molar refractivity (Wildman–Crippen MR) is 59.3 cm³/mol. The molecule has 0 aliphatic carbocycles. The molecule has 0 bridgehead atoms. The van der Waals surface area contributed by atoms with Crippen molar-refractivity contribution in [2.24, 2.45) is 0 Å². The second-order valence-corrected chi connectivity index (χ2v) is 3.46. The normalized spacial score (nSPS) is 10.5. The van der Waals surface area contributed by atoms with Crippen molar-refractivity contribution in [3.8, 4) is 0 Å². The fourth-order valence-electron chi connectivity index (χ4n) is 1.51. The summed E-state index contributed by atoms with van der Waals surface area (Å²) in [5.74, 6) is -0.389. The number of fused-ring (bicyclic) bond motifs is 1. The van der Waals surface area contributed by atoms with Crippen LogP contribution in [-0.2, 0) is 4.74 Å². The molecule has 3 nitrogen and oxygen atoms in total. The molecule has 0 unspecified atom stereocenters. The van der Waals surface area contributed by atoms with Crippen LogP contribution in [0.15, 0.2) is 24.3 Å². The molecule has 0 fully saturated rings. The highest BCUT2D eigenvalue weighted by Crippen LogP contribution is 2.26. The number of nitrogens with one attached hydrogen (secondary N) is 1. The van der Waals surface area contributed by atoms with Gasteiger partial charge in [0.25, 0.3) is 0 Å². The summed E-state index contributed by atoms with van der Waals surface area (Å²) in [7, 11) is 0. The lowest BCUT2D eigenvalue weighted by Gasteiger charge is -1.99. The highest BCUT2D eigenvalue weighted by atomic mass is 35.5. The van der Waals surface area contributed by atoms with E-state index in [-0.39, 0.29) is 5.97 Å². The Morgan fingerprint density at radius 3 is 2.93 bits per heavy atom. The minimum Gasteiger partial charge on any atom is -0.462 e. The number of carbonyl (C=O) groups excluding carboxylic acids is 1. The molecule has 1 N–H and O–H groups in total. The van der Waals surface area contributed by atoms with E-state index in [9.17, 15) is 4.79 Å². The number of ether oxygens (including phenoxy) is 1. The first-order valence-electron chi connectivity index (χ1n) is 4.67. The largest absolute Gasteiger partial charge is 0.462 e. The minimum absolute atomic E-state index is 0.328. The molecule has 0 saturated heterocycles. The molecule has 2 aromatic rings. The van der Waals surface area contributed by atoms with E-state index in [4.69, 9.17) is 16.3 Å². The molecule has 1 aromatic heterocycles. The second-order valence-electron chi connectivity index (χ2n) is 3.08. The van der Waals surface area contributed by atoms with Crippen molar-refractivity contribution in [1.82, 2.24) is 4.98 Å². The number of benzene rings is 1. The number of aromatic nitrogens is 1. The topological polar surface area (TPSA) is 42.1 Å². The Bertz CT molecular complexity index is 504. The molecule has 0 aliphatic heterocycles. The van der Waals surface area contributed by atoms with Crippen molar-refractivity contribution in [2.75, 3.05) is 6.61 Å². The summed E-state index contributed by atoms with van der Waals surface area (Å²) in [4.78, 5) is 14.5. The highest BCUT2D eigenvalue weighted by molar-refractivity contribution is 6.34. The molecule has 1 aromatic carbocycles. The summed E-state index contributed by atoms with van der Waals surface area (Å²) in [5.41, 5.74) is 1.25. The first kappa shape index (κ1) is 10.1. The Morgan fingerprint density at radius 1 is 1.47 bits per heavy atom. The number of para-hydroxylation sites is 1. The number of rotatable bonds is 2. The van der Waals surface area contributed by atoms with Gasteiger partial charge in [0.05, 0.1) is 6.61 Å². The number of aromatic amines is 1. The Labute approximate surface area is 92.0 Å². The quantitative estimate of drug-likeness (QED) is 0.796. The van der Waals surface area contributed by atoms with Crippen molar-refractivity contribution < 1.29 is 9.53 Å². The zero-order chi connectivity index (χ0) is 10.8. The summed E-state index contributed by atoms with van der Waals surface area (Å²) in [6.45, 7) is 2.11. The van der Waals surface area contributed by atoms with Crippen molar-refractivity contribution in [3.63, 3.8) is 0 Å². The zero-order valence-corrected chi connectivity index (χ0v) is 8.97. The summed E-state index contributed by atoms with van der Waals surface area (Å²) >= 11 is 5.94. The summed E-state index contributed by atoms with van der Waals surface area (Å²) < 4.78 is 4.93. The molecule has 0 saturated carbocycles. The molecular formula is C11H10ClNO2. The van der Waals surface area contributed by atoms with Crippen LogP contribution in [0, 0.1) is 0 Å². The van der Waals surface area contributed by atoms with E-state index < -0.39 is 0 Å². The van der Waals surface area contributed by atoms with Gasteiger partial charge in [0, 0.05) is 10.9 Å². The molecule has 0 radical (unpaired) electrons. The highest BCUT2D eigenvalue weighted by Gasteiger charge is 2.17. The molecule has 78 valence electrons. The van der Waals surface area contributed by atoms with Gasteiger partial charge in [-0.25, -0.2) is 4.79 Å². The lowest BCUT2D eigenvalue weighted by atomic mass is 10.2. The van der Waals surface area contributed by atoms with Gasteiger partial charge in [-0.1, -0.05) is 29.8 Å². The Morgan fingerprint density at radius 2 is 2.20 bits per heavy atom. The molecular weight excluding hydrogens is 214 g/mol. The SMILES string of the molecule is CCOC(=O)c1c(Cl)[nH]c2ccccc12. The first-order valence-corrected chi connectivity index (χ1v) is 5.05. The molecule has 2 rings (SSSR count). The zero-order valence-electron chi connectivity index (χ0n) is 8.21. The van der Waals surface area contributed by atoms with E-state index in [0.29, 0.717) is 17.3 Å². The van der Waals surface area contributed by atoms with Crippen molar-refractivity contribution in [1.29, 1.82) is 0 Å². The van der Waals surface area contributed by atoms with Crippen LogP contribution in [0.4, 0.5) is 0 Å². The van der Waals surface area contributed by atoms with E-state index in [2.05, 4.69) is 4.98 Å². The third-order valence-corrected chi connectivity index (χ3v) is 2.42. The van der Waals surface area contributed by atoms with Crippen molar-refractivity contribution in [3.05, 3.63) is 35.0 Å². The van der Waals surface area contributed by atoms with E-state index in [1.165, 1.54) is 0 Å². The second kappa shape index (κ2) is 3.95. The summed E-state index contributed by atoms with van der Waals surface area (Å²) in [5, 5.41) is 1.12.